The van der Waals surface area contributed by atoms with Crippen LogP contribution in [0.2, 0.25) is 5.02 Å². The summed E-state index contributed by atoms with van der Waals surface area (Å²) in [5.74, 6) is 0.687. The van der Waals surface area contributed by atoms with E-state index >= 15 is 0 Å². The number of aromatic nitrogens is 4. The van der Waals surface area contributed by atoms with Gasteiger partial charge in [0.1, 0.15) is 0 Å². The van der Waals surface area contributed by atoms with E-state index in [1.807, 2.05) is 59.7 Å². The van der Waals surface area contributed by atoms with Crippen LogP contribution >= 0.6 is 23.8 Å². The minimum atomic E-state index is 0.482. The summed E-state index contributed by atoms with van der Waals surface area (Å²) in [5, 5.41) is 16.2. The summed E-state index contributed by atoms with van der Waals surface area (Å²) in [6.07, 6.45) is 3.67. The summed E-state index contributed by atoms with van der Waals surface area (Å²) in [5.41, 5.74) is 3.06. The zero-order valence-electron chi connectivity index (χ0n) is 14.0. The van der Waals surface area contributed by atoms with Crippen LogP contribution in [0.3, 0.4) is 0 Å². The molecule has 0 bridgehead atoms. The SMILES string of the molecule is CCn1ncc(NC(=S)Nc2ccn(Cc3ccc(Cl)cc3)n2)c1C. The van der Waals surface area contributed by atoms with Crippen molar-refractivity contribution in [3.05, 3.63) is 59.0 Å². The first kappa shape index (κ1) is 17.4. The average Bonchev–Trinajstić information content (AvgIpc) is 3.17. The van der Waals surface area contributed by atoms with Crippen LogP contribution in [0.1, 0.15) is 18.2 Å². The Labute approximate surface area is 156 Å². The smallest absolute Gasteiger partial charge is 0.176 e. The zero-order valence-corrected chi connectivity index (χ0v) is 15.6. The number of thiocarbonyl (C=S) groups is 1. The Kier molecular flexibility index (Phi) is 5.35. The molecular weight excluding hydrogens is 356 g/mol. The molecule has 25 heavy (non-hydrogen) atoms. The van der Waals surface area contributed by atoms with Gasteiger partial charge in [0.15, 0.2) is 10.9 Å². The van der Waals surface area contributed by atoms with E-state index in [1.165, 1.54) is 0 Å². The predicted octanol–water partition coefficient (Wildman–Crippen LogP) is 3.92. The van der Waals surface area contributed by atoms with Crippen molar-refractivity contribution in [2.75, 3.05) is 10.6 Å². The van der Waals surface area contributed by atoms with Crippen LogP contribution in [-0.2, 0) is 13.1 Å². The fourth-order valence-electron chi connectivity index (χ4n) is 2.45. The van der Waals surface area contributed by atoms with E-state index in [0.29, 0.717) is 17.5 Å². The highest BCUT2D eigenvalue weighted by Gasteiger charge is 2.08. The molecule has 0 saturated heterocycles. The van der Waals surface area contributed by atoms with Crippen molar-refractivity contribution >= 4 is 40.4 Å². The number of anilines is 2. The molecule has 0 saturated carbocycles. The third-order valence-electron chi connectivity index (χ3n) is 3.79. The van der Waals surface area contributed by atoms with E-state index in [2.05, 4.69) is 20.8 Å². The lowest BCUT2D eigenvalue weighted by Crippen LogP contribution is -2.20. The normalized spacial score (nSPS) is 10.7. The molecule has 0 unspecified atom stereocenters. The third kappa shape index (κ3) is 4.37. The number of nitrogens with zero attached hydrogens (tertiary/aromatic N) is 4. The van der Waals surface area contributed by atoms with Gasteiger partial charge in [0.05, 0.1) is 24.1 Å². The van der Waals surface area contributed by atoms with Crippen molar-refractivity contribution in [1.29, 1.82) is 0 Å². The summed E-state index contributed by atoms with van der Waals surface area (Å²) in [6.45, 7) is 5.54. The van der Waals surface area contributed by atoms with Crippen molar-refractivity contribution < 1.29 is 0 Å². The molecule has 3 rings (SSSR count). The van der Waals surface area contributed by atoms with E-state index in [0.717, 1.165) is 28.5 Å². The number of hydrogen-bond donors (Lipinski definition) is 2. The Bertz CT molecular complexity index is 868. The first-order valence-corrected chi connectivity index (χ1v) is 8.72. The zero-order chi connectivity index (χ0) is 17.8. The van der Waals surface area contributed by atoms with Gasteiger partial charge < -0.3 is 10.6 Å². The van der Waals surface area contributed by atoms with Gasteiger partial charge >= 0.3 is 0 Å². The van der Waals surface area contributed by atoms with Crippen molar-refractivity contribution in [3.8, 4) is 0 Å². The number of hydrogen-bond acceptors (Lipinski definition) is 3. The van der Waals surface area contributed by atoms with Crippen LogP contribution in [0.4, 0.5) is 11.5 Å². The van der Waals surface area contributed by atoms with Gasteiger partial charge in [0.2, 0.25) is 0 Å². The summed E-state index contributed by atoms with van der Waals surface area (Å²) >= 11 is 11.3. The van der Waals surface area contributed by atoms with Crippen LogP contribution in [0.5, 0.6) is 0 Å². The van der Waals surface area contributed by atoms with Crippen LogP contribution in [0.15, 0.2) is 42.7 Å². The number of rotatable bonds is 5. The molecule has 2 aromatic heterocycles. The quantitative estimate of drug-likeness (QED) is 0.663. The molecule has 2 heterocycles. The molecular formula is C17H19ClN6S. The summed E-state index contributed by atoms with van der Waals surface area (Å²) < 4.78 is 3.75. The van der Waals surface area contributed by atoms with Gasteiger partial charge in [-0.25, -0.2) is 0 Å². The maximum absolute atomic E-state index is 5.90. The molecule has 0 aliphatic heterocycles. The highest BCUT2D eigenvalue weighted by atomic mass is 35.5. The van der Waals surface area contributed by atoms with Crippen molar-refractivity contribution in [2.45, 2.75) is 26.9 Å². The van der Waals surface area contributed by atoms with E-state index in [4.69, 9.17) is 23.8 Å². The Morgan fingerprint density at radius 3 is 2.64 bits per heavy atom. The van der Waals surface area contributed by atoms with Crippen LogP contribution in [0.25, 0.3) is 0 Å². The molecule has 0 radical (unpaired) electrons. The second-order valence-electron chi connectivity index (χ2n) is 5.56. The first-order valence-electron chi connectivity index (χ1n) is 7.93. The van der Waals surface area contributed by atoms with Crippen LogP contribution in [0, 0.1) is 6.92 Å². The number of aryl methyl sites for hydroxylation is 1. The Balaban J connectivity index is 1.59. The number of benzene rings is 1. The van der Waals surface area contributed by atoms with E-state index in [1.54, 1.807) is 6.20 Å². The molecule has 0 amide bonds. The Morgan fingerprint density at radius 1 is 1.20 bits per heavy atom. The lowest BCUT2D eigenvalue weighted by atomic mass is 10.2. The maximum atomic E-state index is 5.90. The summed E-state index contributed by atoms with van der Waals surface area (Å²) in [6, 6.07) is 9.59. The minimum Gasteiger partial charge on any atom is -0.330 e. The highest BCUT2D eigenvalue weighted by molar-refractivity contribution is 7.80. The number of nitrogens with one attached hydrogen (secondary N) is 2. The van der Waals surface area contributed by atoms with Crippen molar-refractivity contribution in [2.24, 2.45) is 0 Å². The lowest BCUT2D eigenvalue weighted by molar-refractivity contribution is 0.640. The molecule has 8 heteroatoms. The first-order chi connectivity index (χ1) is 12.0. The van der Waals surface area contributed by atoms with Crippen molar-refractivity contribution in [3.63, 3.8) is 0 Å². The predicted molar refractivity (Wildman–Crippen MR) is 105 cm³/mol. The van der Waals surface area contributed by atoms with Gasteiger partial charge in [-0.05, 0) is 43.8 Å². The summed E-state index contributed by atoms with van der Waals surface area (Å²) in [7, 11) is 0. The van der Waals surface area contributed by atoms with Crippen LogP contribution in [-0.4, -0.2) is 24.7 Å². The number of halogens is 1. The van der Waals surface area contributed by atoms with E-state index < -0.39 is 0 Å². The molecule has 0 atom stereocenters. The van der Waals surface area contributed by atoms with Crippen LogP contribution < -0.4 is 10.6 Å². The molecule has 6 nitrogen and oxygen atoms in total. The molecule has 0 spiro atoms. The molecule has 0 aliphatic rings. The van der Waals surface area contributed by atoms with Gasteiger partial charge in [-0.15, -0.1) is 0 Å². The molecule has 3 aromatic rings. The monoisotopic (exact) mass is 374 g/mol. The molecule has 0 fully saturated rings. The Hall–Kier alpha value is -2.38. The van der Waals surface area contributed by atoms with Gasteiger partial charge in [-0.1, -0.05) is 23.7 Å². The van der Waals surface area contributed by atoms with Gasteiger partial charge in [0, 0.05) is 23.8 Å². The molecule has 2 N–H and O–H groups in total. The topological polar surface area (TPSA) is 59.7 Å². The second-order valence-corrected chi connectivity index (χ2v) is 6.41. The molecule has 130 valence electrons. The van der Waals surface area contributed by atoms with Gasteiger partial charge in [-0.2, -0.15) is 10.2 Å². The maximum Gasteiger partial charge on any atom is 0.176 e. The van der Waals surface area contributed by atoms with Gasteiger partial charge in [0.25, 0.3) is 0 Å². The van der Waals surface area contributed by atoms with Gasteiger partial charge in [-0.3, -0.25) is 9.36 Å². The van der Waals surface area contributed by atoms with Crippen molar-refractivity contribution in [1.82, 2.24) is 19.6 Å². The van der Waals surface area contributed by atoms with E-state index in [9.17, 15) is 0 Å². The molecule has 1 aromatic carbocycles. The second kappa shape index (κ2) is 7.67. The standard InChI is InChI=1S/C17H19ClN6S/c1-3-24-12(2)15(10-19-24)20-17(25)21-16-8-9-23(22-16)11-13-4-6-14(18)7-5-13/h4-10H,3,11H2,1-2H3,(H2,20,21,22,25). The lowest BCUT2D eigenvalue weighted by Gasteiger charge is -2.08. The summed E-state index contributed by atoms with van der Waals surface area (Å²) in [4.78, 5) is 0. The average molecular weight is 375 g/mol. The largest absolute Gasteiger partial charge is 0.330 e. The Morgan fingerprint density at radius 2 is 1.96 bits per heavy atom. The fourth-order valence-corrected chi connectivity index (χ4v) is 2.79. The third-order valence-corrected chi connectivity index (χ3v) is 4.25. The highest BCUT2D eigenvalue weighted by Crippen LogP contribution is 2.15. The molecule has 0 aliphatic carbocycles. The minimum absolute atomic E-state index is 0.482. The fraction of sp³-hybridized carbons (Fsp3) is 0.235. The van der Waals surface area contributed by atoms with E-state index in [-0.39, 0.29) is 0 Å².